The zero-order valence-corrected chi connectivity index (χ0v) is 7.18. The third kappa shape index (κ3) is 2.44. The van der Waals surface area contributed by atoms with Crippen LogP contribution in [0.3, 0.4) is 0 Å². The molecule has 1 heterocycles. The lowest BCUT2D eigenvalue weighted by atomic mass is 9.97. The highest BCUT2D eigenvalue weighted by Crippen LogP contribution is 2.14. The smallest absolute Gasteiger partial charge is 0.340 e. The summed E-state index contributed by atoms with van der Waals surface area (Å²) in [6, 6.07) is 0. The van der Waals surface area contributed by atoms with Crippen LogP contribution < -0.4 is 5.32 Å². The highest BCUT2D eigenvalue weighted by molar-refractivity contribution is 5.74. The Morgan fingerprint density at radius 2 is 2.42 bits per heavy atom. The van der Waals surface area contributed by atoms with E-state index in [9.17, 15) is 9.18 Å². The van der Waals surface area contributed by atoms with Crippen molar-refractivity contribution in [1.82, 2.24) is 5.32 Å². The number of carbonyl (C=O) groups excluding carboxylic acids is 1. The van der Waals surface area contributed by atoms with Gasteiger partial charge in [0.15, 0.2) is 6.17 Å². The van der Waals surface area contributed by atoms with Gasteiger partial charge in [-0.3, -0.25) is 0 Å². The summed E-state index contributed by atoms with van der Waals surface area (Å²) in [7, 11) is 0. The fourth-order valence-corrected chi connectivity index (χ4v) is 1.14. The fraction of sp³-hybridized carbons (Fsp3) is 0.875. The van der Waals surface area contributed by atoms with Gasteiger partial charge in [0.25, 0.3) is 0 Å². The number of alkyl halides is 1. The molecule has 0 bridgehead atoms. The first-order valence-electron chi connectivity index (χ1n) is 4.25. The molecule has 1 N–H and O–H groups in total. The predicted molar refractivity (Wildman–Crippen MR) is 42.5 cm³/mol. The maximum atomic E-state index is 13.0. The monoisotopic (exact) mass is 175 g/mol. The molecule has 12 heavy (non-hydrogen) atoms. The summed E-state index contributed by atoms with van der Waals surface area (Å²) >= 11 is 0. The van der Waals surface area contributed by atoms with Gasteiger partial charge in [0, 0.05) is 0 Å². The van der Waals surface area contributed by atoms with Crippen LogP contribution in [0, 0.1) is 5.92 Å². The normalized spacial score (nSPS) is 19.8. The summed E-state index contributed by atoms with van der Waals surface area (Å²) in [5, 5.41) is 3.02. The van der Waals surface area contributed by atoms with Crippen LogP contribution >= 0.6 is 0 Å². The van der Waals surface area contributed by atoms with Crippen LogP contribution in [-0.2, 0) is 9.53 Å². The van der Waals surface area contributed by atoms with Gasteiger partial charge in [-0.1, -0.05) is 0 Å². The number of hydrogen-bond donors (Lipinski definition) is 1. The Kier molecular flexibility index (Phi) is 3.47. The van der Waals surface area contributed by atoms with Crippen molar-refractivity contribution < 1.29 is 13.9 Å². The highest BCUT2D eigenvalue weighted by atomic mass is 19.1. The number of hydrogen-bond acceptors (Lipinski definition) is 3. The van der Waals surface area contributed by atoms with Crippen LogP contribution in [0.5, 0.6) is 0 Å². The van der Waals surface area contributed by atoms with Crippen molar-refractivity contribution in [3.63, 3.8) is 0 Å². The molecule has 0 saturated carbocycles. The minimum Gasteiger partial charge on any atom is -0.464 e. The van der Waals surface area contributed by atoms with Crippen molar-refractivity contribution in [2.75, 3.05) is 19.7 Å². The molecule has 1 saturated heterocycles. The molecule has 1 atom stereocenters. The summed E-state index contributed by atoms with van der Waals surface area (Å²) < 4.78 is 17.5. The Labute approximate surface area is 71.3 Å². The third-order valence-corrected chi connectivity index (χ3v) is 1.95. The number of nitrogens with one attached hydrogen (secondary N) is 1. The lowest BCUT2D eigenvalue weighted by Gasteiger charge is -2.27. The number of esters is 1. The fourth-order valence-electron chi connectivity index (χ4n) is 1.14. The van der Waals surface area contributed by atoms with Gasteiger partial charge in [-0.2, -0.15) is 0 Å². The molecule has 1 aliphatic rings. The summed E-state index contributed by atoms with van der Waals surface area (Å²) in [6.07, 6.45) is -1.14. The summed E-state index contributed by atoms with van der Waals surface area (Å²) in [6.45, 7) is 3.57. The molecule has 0 aliphatic carbocycles. The minimum absolute atomic E-state index is 0.252. The molecule has 0 amide bonds. The van der Waals surface area contributed by atoms with Crippen molar-refractivity contribution in [2.24, 2.45) is 5.92 Å². The van der Waals surface area contributed by atoms with Crippen molar-refractivity contribution >= 4 is 5.97 Å². The second-order valence-corrected chi connectivity index (χ2v) is 2.98. The molecule has 70 valence electrons. The van der Waals surface area contributed by atoms with E-state index in [1.54, 1.807) is 6.92 Å². The van der Waals surface area contributed by atoms with E-state index >= 15 is 0 Å². The number of carbonyl (C=O) groups is 1. The summed E-state index contributed by atoms with van der Waals surface area (Å²) in [5.74, 6) is -0.409. The lowest BCUT2D eigenvalue weighted by molar-refractivity contribution is -0.149. The number of halogens is 1. The molecule has 4 heteroatoms. The first-order valence-corrected chi connectivity index (χ1v) is 4.25. The second-order valence-electron chi connectivity index (χ2n) is 2.98. The Morgan fingerprint density at radius 3 is 2.83 bits per heavy atom. The molecule has 0 aromatic rings. The first kappa shape index (κ1) is 9.45. The third-order valence-electron chi connectivity index (χ3n) is 1.95. The zero-order valence-electron chi connectivity index (χ0n) is 7.18. The molecule has 1 aliphatic heterocycles. The largest absolute Gasteiger partial charge is 0.464 e. The topological polar surface area (TPSA) is 38.3 Å². The Morgan fingerprint density at radius 1 is 1.75 bits per heavy atom. The Bertz CT molecular complexity index is 159. The molecule has 0 radical (unpaired) electrons. The van der Waals surface area contributed by atoms with Gasteiger partial charge < -0.3 is 10.1 Å². The quantitative estimate of drug-likeness (QED) is 0.632. The maximum Gasteiger partial charge on any atom is 0.340 e. The molecule has 1 unspecified atom stereocenters. The van der Waals surface area contributed by atoms with Crippen LogP contribution in [0.4, 0.5) is 4.39 Å². The molecule has 1 fully saturated rings. The van der Waals surface area contributed by atoms with Crippen LogP contribution in [0.2, 0.25) is 0 Å². The molecular formula is C8H14FNO2. The minimum atomic E-state index is -1.43. The summed E-state index contributed by atoms with van der Waals surface area (Å²) in [5.41, 5.74) is 0. The van der Waals surface area contributed by atoms with Gasteiger partial charge in [-0.25, -0.2) is 9.18 Å². The van der Waals surface area contributed by atoms with E-state index in [1.165, 1.54) is 0 Å². The van der Waals surface area contributed by atoms with E-state index in [4.69, 9.17) is 0 Å². The Hall–Kier alpha value is -0.640. The molecule has 0 spiro atoms. The predicted octanol–water partition coefficient (Wildman–Crippen LogP) is 0.497. The van der Waals surface area contributed by atoms with Gasteiger partial charge in [-0.15, -0.1) is 0 Å². The average molecular weight is 175 g/mol. The zero-order chi connectivity index (χ0) is 8.97. The molecule has 1 rings (SSSR count). The van der Waals surface area contributed by atoms with Gasteiger partial charge in [0.1, 0.15) is 0 Å². The van der Waals surface area contributed by atoms with E-state index in [1.807, 2.05) is 0 Å². The van der Waals surface area contributed by atoms with Crippen LogP contribution in [-0.4, -0.2) is 31.8 Å². The van der Waals surface area contributed by atoms with Crippen molar-refractivity contribution in [3.05, 3.63) is 0 Å². The molecule has 0 aromatic carbocycles. The SMILES string of the molecule is CCOC(=O)C(F)CC1CNC1. The summed E-state index contributed by atoms with van der Waals surface area (Å²) in [4.78, 5) is 10.8. The number of rotatable bonds is 4. The van der Waals surface area contributed by atoms with Crippen molar-refractivity contribution in [2.45, 2.75) is 19.5 Å². The van der Waals surface area contributed by atoms with Gasteiger partial charge >= 0.3 is 5.97 Å². The average Bonchev–Trinajstić information content (AvgIpc) is 1.97. The molecule has 3 nitrogen and oxygen atoms in total. The van der Waals surface area contributed by atoms with E-state index in [2.05, 4.69) is 10.1 Å². The van der Waals surface area contributed by atoms with Crippen LogP contribution in [0.1, 0.15) is 13.3 Å². The van der Waals surface area contributed by atoms with Gasteiger partial charge in [0.05, 0.1) is 6.61 Å². The van der Waals surface area contributed by atoms with Gasteiger partial charge in [-0.05, 0) is 32.4 Å². The van der Waals surface area contributed by atoms with Crippen molar-refractivity contribution in [3.8, 4) is 0 Å². The van der Waals surface area contributed by atoms with E-state index < -0.39 is 12.1 Å². The molecule has 0 aromatic heterocycles. The maximum absolute atomic E-state index is 13.0. The Balaban J connectivity index is 2.16. The van der Waals surface area contributed by atoms with Crippen molar-refractivity contribution in [1.29, 1.82) is 0 Å². The van der Waals surface area contributed by atoms with Gasteiger partial charge in [0.2, 0.25) is 0 Å². The second kappa shape index (κ2) is 4.40. The van der Waals surface area contributed by atoms with E-state index in [-0.39, 0.29) is 6.61 Å². The highest BCUT2D eigenvalue weighted by Gasteiger charge is 2.26. The molecular weight excluding hydrogens is 161 g/mol. The first-order chi connectivity index (χ1) is 5.74. The van der Waals surface area contributed by atoms with Crippen LogP contribution in [0.15, 0.2) is 0 Å². The number of ether oxygens (including phenoxy) is 1. The van der Waals surface area contributed by atoms with Crippen LogP contribution in [0.25, 0.3) is 0 Å². The van der Waals surface area contributed by atoms with E-state index in [0.717, 1.165) is 13.1 Å². The van der Waals surface area contributed by atoms with E-state index in [0.29, 0.717) is 12.3 Å². The standard InChI is InChI=1S/C8H14FNO2/c1-2-12-8(11)7(9)3-6-4-10-5-6/h6-7,10H,2-5H2,1H3. The lowest BCUT2D eigenvalue weighted by Crippen LogP contribution is -2.44.